The molecule has 3 nitrogen and oxygen atoms in total. The van der Waals surface area contributed by atoms with Crippen LogP contribution in [-0.2, 0) is 11.8 Å². The van der Waals surface area contributed by atoms with Gasteiger partial charge in [0.15, 0.2) is 0 Å². The van der Waals surface area contributed by atoms with Crippen molar-refractivity contribution in [2.24, 2.45) is 11.1 Å². The van der Waals surface area contributed by atoms with Gasteiger partial charge in [0.2, 0.25) is 0 Å². The molecule has 0 fully saturated rings. The maximum absolute atomic E-state index is 10.7. The molecule has 1 rings (SSSR count). The highest BCUT2D eigenvalue weighted by Gasteiger charge is 2.39. The minimum atomic E-state index is -0.903. The topological polar surface area (TPSA) is 59.1 Å². The summed E-state index contributed by atoms with van der Waals surface area (Å²) in [7, 11) is 0. The Labute approximate surface area is 114 Å². The van der Waals surface area contributed by atoms with Gasteiger partial charge in [0.25, 0.3) is 0 Å². The Bertz CT molecular complexity index is 401. The van der Waals surface area contributed by atoms with E-state index in [0.29, 0.717) is 6.42 Å². The predicted octanol–water partition coefficient (Wildman–Crippen LogP) is 2.72. The van der Waals surface area contributed by atoms with Gasteiger partial charge in [-0.15, -0.1) is 11.3 Å². The minimum absolute atomic E-state index is 0.0529. The Kier molecular flexibility index (Phi) is 4.26. The van der Waals surface area contributed by atoms with Crippen LogP contribution in [0.1, 0.15) is 52.2 Å². The Morgan fingerprint density at radius 3 is 2.11 bits per heavy atom. The maximum Gasteiger partial charge on any atom is 0.0957 e. The van der Waals surface area contributed by atoms with E-state index in [-0.39, 0.29) is 17.4 Å². The van der Waals surface area contributed by atoms with Crippen molar-refractivity contribution in [3.8, 4) is 0 Å². The lowest BCUT2D eigenvalue weighted by atomic mass is 9.74. The van der Waals surface area contributed by atoms with E-state index in [4.69, 9.17) is 5.73 Å². The fourth-order valence-electron chi connectivity index (χ4n) is 1.63. The molecule has 18 heavy (non-hydrogen) atoms. The summed E-state index contributed by atoms with van der Waals surface area (Å²) in [5, 5.41) is 13.7. The maximum atomic E-state index is 10.7. The van der Waals surface area contributed by atoms with E-state index in [9.17, 15) is 5.11 Å². The number of aliphatic hydroxyl groups is 1. The Morgan fingerprint density at radius 1 is 1.22 bits per heavy atom. The van der Waals surface area contributed by atoms with E-state index in [0.717, 1.165) is 10.7 Å². The molecule has 0 aliphatic rings. The van der Waals surface area contributed by atoms with Crippen molar-refractivity contribution in [3.05, 3.63) is 16.1 Å². The minimum Gasteiger partial charge on any atom is -0.388 e. The summed E-state index contributed by atoms with van der Waals surface area (Å²) in [5.74, 6) is 0. The van der Waals surface area contributed by atoms with Crippen LogP contribution < -0.4 is 5.73 Å². The smallest absolute Gasteiger partial charge is 0.0957 e. The first kappa shape index (κ1) is 15.6. The van der Waals surface area contributed by atoms with E-state index < -0.39 is 5.60 Å². The second-order valence-electron chi connectivity index (χ2n) is 7.04. The highest BCUT2D eigenvalue weighted by Crippen LogP contribution is 2.34. The second kappa shape index (κ2) is 4.91. The number of nitrogens with two attached hydrogens (primary N) is 1. The van der Waals surface area contributed by atoms with Crippen molar-refractivity contribution in [1.82, 2.24) is 4.98 Å². The van der Waals surface area contributed by atoms with Gasteiger partial charge in [0.1, 0.15) is 0 Å². The molecule has 0 saturated carbocycles. The van der Waals surface area contributed by atoms with Crippen LogP contribution in [0.25, 0.3) is 0 Å². The van der Waals surface area contributed by atoms with Crippen LogP contribution >= 0.6 is 11.3 Å². The number of rotatable bonds is 3. The molecule has 0 aliphatic carbocycles. The highest BCUT2D eigenvalue weighted by atomic mass is 32.1. The third-order valence-corrected chi connectivity index (χ3v) is 4.35. The average Bonchev–Trinajstić information content (AvgIpc) is 2.63. The normalized spacial score (nSPS) is 16.7. The zero-order chi connectivity index (χ0) is 14.2. The van der Waals surface area contributed by atoms with Gasteiger partial charge in [0.05, 0.1) is 16.3 Å². The molecule has 0 saturated heterocycles. The molecule has 1 unspecified atom stereocenters. The van der Waals surface area contributed by atoms with Crippen molar-refractivity contribution >= 4 is 11.3 Å². The van der Waals surface area contributed by atoms with Crippen molar-refractivity contribution in [2.75, 3.05) is 6.54 Å². The van der Waals surface area contributed by atoms with Gasteiger partial charge in [-0.1, -0.05) is 41.5 Å². The van der Waals surface area contributed by atoms with Crippen LogP contribution in [0.5, 0.6) is 0 Å². The Morgan fingerprint density at radius 2 is 1.78 bits per heavy atom. The number of hydrogen-bond donors (Lipinski definition) is 2. The molecule has 104 valence electrons. The highest BCUT2D eigenvalue weighted by molar-refractivity contribution is 7.09. The van der Waals surface area contributed by atoms with Crippen molar-refractivity contribution in [3.63, 3.8) is 0 Å². The molecule has 1 heterocycles. The molecule has 0 aliphatic heterocycles. The van der Waals surface area contributed by atoms with Crippen LogP contribution in [0, 0.1) is 5.41 Å². The summed E-state index contributed by atoms with van der Waals surface area (Å²) in [6, 6.07) is 0. The van der Waals surface area contributed by atoms with E-state index in [1.807, 2.05) is 20.8 Å². The summed E-state index contributed by atoms with van der Waals surface area (Å²) < 4.78 is 0. The van der Waals surface area contributed by atoms with E-state index in [1.165, 1.54) is 0 Å². The monoisotopic (exact) mass is 270 g/mol. The number of nitrogens with zero attached hydrogens (tertiary/aromatic N) is 1. The molecule has 0 spiro atoms. The molecule has 4 heteroatoms. The predicted molar refractivity (Wildman–Crippen MR) is 78.0 cm³/mol. The van der Waals surface area contributed by atoms with Crippen LogP contribution in [0.2, 0.25) is 0 Å². The summed E-state index contributed by atoms with van der Waals surface area (Å²) in [6.07, 6.45) is 0.522. The number of thiazole rings is 1. The summed E-state index contributed by atoms with van der Waals surface area (Å²) in [4.78, 5) is 4.63. The zero-order valence-corrected chi connectivity index (χ0v) is 13.2. The molecular weight excluding hydrogens is 244 g/mol. The van der Waals surface area contributed by atoms with Gasteiger partial charge in [-0.3, -0.25) is 0 Å². The number of hydrogen-bond acceptors (Lipinski definition) is 4. The van der Waals surface area contributed by atoms with Crippen molar-refractivity contribution in [1.29, 1.82) is 0 Å². The summed E-state index contributed by atoms with van der Waals surface area (Å²) in [6.45, 7) is 12.7. The van der Waals surface area contributed by atoms with Crippen LogP contribution in [0.4, 0.5) is 0 Å². The fourth-order valence-corrected chi connectivity index (χ4v) is 2.76. The Balaban J connectivity index is 2.94. The molecule has 0 aromatic carbocycles. The molecule has 0 bridgehead atoms. The first-order chi connectivity index (χ1) is 7.99. The van der Waals surface area contributed by atoms with Gasteiger partial charge in [0, 0.05) is 23.8 Å². The van der Waals surface area contributed by atoms with Gasteiger partial charge in [-0.2, -0.15) is 0 Å². The summed E-state index contributed by atoms with van der Waals surface area (Å²) >= 11 is 1.61. The second-order valence-corrected chi connectivity index (χ2v) is 7.98. The molecular formula is C14H26N2OS. The van der Waals surface area contributed by atoms with E-state index >= 15 is 0 Å². The first-order valence-electron chi connectivity index (χ1n) is 6.37. The molecule has 1 aromatic rings. The Hall–Kier alpha value is -0.450. The van der Waals surface area contributed by atoms with Gasteiger partial charge >= 0.3 is 0 Å². The summed E-state index contributed by atoms with van der Waals surface area (Å²) in [5.41, 5.74) is 5.74. The lowest BCUT2D eigenvalue weighted by molar-refractivity contribution is -0.0491. The molecule has 1 aromatic heterocycles. The molecule has 0 radical (unpaired) electrons. The van der Waals surface area contributed by atoms with Crippen LogP contribution in [0.3, 0.4) is 0 Å². The quantitative estimate of drug-likeness (QED) is 0.888. The van der Waals surface area contributed by atoms with Crippen LogP contribution in [-0.4, -0.2) is 22.2 Å². The first-order valence-corrected chi connectivity index (χ1v) is 7.25. The van der Waals surface area contributed by atoms with Gasteiger partial charge < -0.3 is 10.8 Å². The van der Waals surface area contributed by atoms with Gasteiger partial charge in [-0.05, 0) is 5.41 Å². The standard InChI is InChI=1S/C14H26N2OS/c1-12(2,3)10-8-18-11(16-10)7-14(17,9-15)13(4,5)6/h8,17H,7,9,15H2,1-6H3. The van der Waals surface area contributed by atoms with Crippen molar-refractivity contribution < 1.29 is 5.11 Å². The molecule has 3 N–H and O–H groups in total. The van der Waals surface area contributed by atoms with E-state index in [1.54, 1.807) is 11.3 Å². The molecule has 1 atom stereocenters. The number of aromatic nitrogens is 1. The largest absolute Gasteiger partial charge is 0.388 e. The van der Waals surface area contributed by atoms with E-state index in [2.05, 4.69) is 31.1 Å². The third kappa shape index (κ3) is 3.31. The average molecular weight is 270 g/mol. The van der Waals surface area contributed by atoms with Crippen molar-refractivity contribution in [2.45, 2.75) is 59.0 Å². The molecule has 0 amide bonds. The zero-order valence-electron chi connectivity index (χ0n) is 12.4. The lowest BCUT2D eigenvalue weighted by Gasteiger charge is -2.39. The van der Waals surface area contributed by atoms with Gasteiger partial charge in [-0.25, -0.2) is 4.98 Å². The third-order valence-electron chi connectivity index (χ3n) is 3.50. The SMILES string of the molecule is CC(C)(C)c1csc(CC(O)(CN)C(C)(C)C)n1. The lowest BCUT2D eigenvalue weighted by Crippen LogP contribution is -2.50. The fraction of sp³-hybridized carbons (Fsp3) is 0.786. The van der Waals surface area contributed by atoms with Crippen LogP contribution in [0.15, 0.2) is 5.38 Å².